The molecule has 0 spiro atoms. The molecule has 0 radical (unpaired) electrons. The molecule has 0 unspecified atom stereocenters. The van der Waals surface area contributed by atoms with Crippen molar-refractivity contribution in [3.05, 3.63) is 0 Å². The Morgan fingerprint density at radius 2 is 0.769 bits per heavy atom. The van der Waals surface area contributed by atoms with Crippen LogP contribution in [0.25, 0.3) is 0 Å². The van der Waals surface area contributed by atoms with Crippen molar-refractivity contribution < 1.29 is 74.4 Å². The Balaban J connectivity index is 6.71. The van der Waals surface area contributed by atoms with Crippen molar-refractivity contribution in [2.24, 2.45) is 0 Å². The summed E-state index contributed by atoms with van der Waals surface area (Å²) in [5, 5.41) is -14.4. The molecule has 0 aliphatic heterocycles. The Labute approximate surface area is 137 Å². The molecule has 1 N–H and O–H groups in total. The molecule has 158 valence electrons. The number of rotatable bonds is 7. The van der Waals surface area contributed by atoms with Gasteiger partial charge in [-0.2, -0.15) is 69.9 Å². The summed E-state index contributed by atoms with van der Waals surface area (Å²) in [4.78, 5) is 0. The smallest absolute Gasteiger partial charge is 0.281 e. The highest BCUT2D eigenvalue weighted by molar-refractivity contribution is 7.87. The van der Waals surface area contributed by atoms with E-state index in [1.165, 1.54) is 0 Å². The first-order valence-electron chi connectivity index (χ1n) is 5.05. The lowest BCUT2D eigenvalue weighted by Gasteiger charge is -2.41. The van der Waals surface area contributed by atoms with Crippen LogP contribution in [0.4, 0.5) is 61.5 Å². The molecule has 0 aromatic rings. The summed E-state index contributed by atoms with van der Waals surface area (Å²) in [7, 11) is -7.72. The van der Waals surface area contributed by atoms with Crippen LogP contribution in [0.3, 0.4) is 0 Å². The van der Waals surface area contributed by atoms with Crippen LogP contribution in [0.15, 0.2) is 0 Å². The molecule has 0 saturated carbocycles. The minimum atomic E-state index is -8.44. The molecule has 0 atom stereocenters. The van der Waals surface area contributed by atoms with Gasteiger partial charge in [0.25, 0.3) is 0 Å². The first-order chi connectivity index (χ1) is 10.8. The van der Waals surface area contributed by atoms with E-state index in [0.717, 1.165) is 0 Å². The van der Waals surface area contributed by atoms with Crippen LogP contribution in [0.5, 0.6) is 0 Å². The SMILES string of the molecule is O=S(=O)(O)C(F)(F)C(F)(F)C(F)(F)C(F)(F)C(F)(F)C(F)(F)C(F)(F)Cl. The first kappa shape index (κ1) is 25.2. The van der Waals surface area contributed by atoms with Gasteiger partial charge in [-0.15, -0.1) is 0 Å². The van der Waals surface area contributed by atoms with E-state index in [2.05, 4.69) is 11.6 Å². The van der Waals surface area contributed by atoms with Crippen LogP contribution < -0.4 is 0 Å². The fourth-order valence-electron chi connectivity index (χ4n) is 1.11. The maximum absolute atomic E-state index is 13.0. The maximum atomic E-state index is 13.0. The zero-order valence-electron chi connectivity index (χ0n) is 10.8. The number of halogens is 15. The summed E-state index contributed by atoms with van der Waals surface area (Å²) in [6.45, 7) is 0. The number of alkyl halides is 15. The molecule has 3 nitrogen and oxygen atoms in total. The molecule has 19 heteroatoms. The van der Waals surface area contributed by atoms with Gasteiger partial charge in [0.15, 0.2) is 0 Å². The van der Waals surface area contributed by atoms with Crippen LogP contribution in [0.1, 0.15) is 0 Å². The maximum Gasteiger partial charge on any atom is 0.438 e. The molecule has 0 bridgehead atoms. The van der Waals surface area contributed by atoms with E-state index in [-0.39, 0.29) is 0 Å². The Kier molecular flexibility index (Phi) is 5.68. The fraction of sp³-hybridized carbons (Fsp3) is 1.00. The summed E-state index contributed by atoms with van der Waals surface area (Å²) in [6.07, 6.45) is 0. The van der Waals surface area contributed by atoms with Crippen LogP contribution in [0, 0.1) is 0 Å². The van der Waals surface area contributed by atoms with Gasteiger partial charge in [0.05, 0.1) is 0 Å². The molecule has 26 heavy (non-hydrogen) atoms. The summed E-state index contributed by atoms with van der Waals surface area (Å²) in [5.41, 5.74) is 0. The second-order valence-electron chi connectivity index (χ2n) is 4.36. The average molecular weight is 467 g/mol. The van der Waals surface area contributed by atoms with Crippen molar-refractivity contribution in [1.29, 1.82) is 0 Å². The van der Waals surface area contributed by atoms with Gasteiger partial charge in [-0.3, -0.25) is 4.55 Å². The lowest BCUT2D eigenvalue weighted by atomic mass is 9.94. The van der Waals surface area contributed by atoms with Crippen molar-refractivity contribution in [1.82, 2.24) is 0 Å². The second kappa shape index (κ2) is 5.86. The monoisotopic (exact) mass is 466 g/mol. The standard InChI is InChI=1S/C7HClF14O3S/c8-6(19,20)4(15,16)2(11,12)1(9,10)3(13,14)5(17,18)7(21,22)26(23,24)25/h(H,23,24,25). The van der Waals surface area contributed by atoms with Gasteiger partial charge in [0.1, 0.15) is 0 Å². The van der Waals surface area contributed by atoms with Gasteiger partial charge < -0.3 is 0 Å². The van der Waals surface area contributed by atoms with E-state index in [9.17, 15) is 69.9 Å². The van der Waals surface area contributed by atoms with Crippen LogP contribution in [-0.2, 0) is 10.1 Å². The van der Waals surface area contributed by atoms with E-state index < -0.39 is 50.4 Å². The molecule has 0 amide bonds. The fourth-order valence-corrected chi connectivity index (χ4v) is 1.69. The van der Waals surface area contributed by atoms with Crippen molar-refractivity contribution in [3.8, 4) is 0 Å². The lowest BCUT2D eigenvalue weighted by molar-refractivity contribution is -0.429. The van der Waals surface area contributed by atoms with Gasteiger partial charge in [-0.25, -0.2) is 0 Å². The summed E-state index contributed by atoms with van der Waals surface area (Å²) < 4.78 is 206. The molecule has 0 aliphatic rings. The molecular weight excluding hydrogens is 466 g/mol. The third-order valence-corrected chi connectivity index (χ3v) is 3.76. The van der Waals surface area contributed by atoms with Crippen LogP contribution >= 0.6 is 11.6 Å². The van der Waals surface area contributed by atoms with Crippen LogP contribution in [0.2, 0.25) is 0 Å². The van der Waals surface area contributed by atoms with Gasteiger partial charge in [0, 0.05) is 0 Å². The molecule has 0 fully saturated rings. The van der Waals surface area contributed by atoms with Crippen molar-refractivity contribution in [2.75, 3.05) is 0 Å². The molecule has 0 saturated heterocycles. The van der Waals surface area contributed by atoms with Crippen molar-refractivity contribution >= 4 is 21.7 Å². The van der Waals surface area contributed by atoms with E-state index >= 15 is 0 Å². The van der Waals surface area contributed by atoms with Gasteiger partial charge in [0.2, 0.25) is 0 Å². The first-order valence-corrected chi connectivity index (χ1v) is 6.87. The highest BCUT2D eigenvalue weighted by Gasteiger charge is 2.94. The van der Waals surface area contributed by atoms with E-state index in [1.807, 2.05) is 0 Å². The van der Waals surface area contributed by atoms with Crippen molar-refractivity contribution in [2.45, 2.75) is 40.2 Å². The Morgan fingerprint density at radius 1 is 0.538 bits per heavy atom. The molecule has 0 rings (SSSR count). The minimum Gasteiger partial charge on any atom is -0.281 e. The molecule has 0 aliphatic carbocycles. The van der Waals surface area contributed by atoms with E-state index in [0.29, 0.717) is 0 Å². The van der Waals surface area contributed by atoms with Crippen molar-refractivity contribution in [3.63, 3.8) is 0 Å². The summed E-state index contributed by atoms with van der Waals surface area (Å²) in [5.74, 6) is -41.0. The third kappa shape index (κ3) is 2.96. The normalized spacial score (nSPS) is 16.8. The van der Waals surface area contributed by atoms with E-state index in [1.54, 1.807) is 0 Å². The third-order valence-electron chi connectivity index (χ3n) is 2.62. The Hall–Kier alpha value is -0.780. The molecular formula is C7HClF14O3S. The molecule has 0 aromatic heterocycles. The highest BCUT2D eigenvalue weighted by Crippen LogP contribution is 2.63. The highest BCUT2D eigenvalue weighted by atomic mass is 35.5. The van der Waals surface area contributed by atoms with Gasteiger partial charge in [-0.05, 0) is 11.6 Å². The van der Waals surface area contributed by atoms with E-state index in [4.69, 9.17) is 4.55 Å². The summed E-state index contributed by atoms with van der Waals surface area (Å²) >= 11 is 3.33. The zero-order valence-corrected chi connectivity index (χ0v) is 12.4. The predicted octanol–water partition coefficient (Wildman–Crippen LogP) is 4.48. The number of hydrogen-bond acceptors (Lipinski definition) is 2. The summed E-state index contributed by atoms with van der Waals surface area (Å²) in [6, 6.07) is 0. The Bertz CT molecular complexity index is 650. The minimum absolute atomic E-state index is 3.33. The van der Waals surface area contributed by atoms with Gasteiger partial charge >= 0.3 is 50.4 Å². The topological polar surface area (TPSA) is 54.4 Å². The number of hydrogen-bond donors (Lipinski definition) is 1. The average Bonchev–Trinajstić information content (AvgIpc) is 2.34. The second-order valence-corrected chi connectivity index (χ2v) is 6.30. The lowest BCUT2D eigenvalue weighted by Crippen LogP contribution is -2.73. The van der Waals surface area contributed by atoms with Crippen LogP contribution in [-0.4, -0.2) is 53.2 Å². The molecule has 0 aromatic carbocycles. The zero-order chi connectivity index (χ0) is 22.0. The Morgan fingerprint density at radius 3 is 1.00 bits per heavy atom. The quantitative estimate of drug-likeness (QED) is 0.342. The largest absolute Gasteiger partial charge is 0.438 e. The van der Waals surface area contributed by atoms with Gasteiger partial charge in [-0.1, -0.05) is 0 Å². The molecule has 0 heterocycles. The predicted molar refractivity (Wildman–Crippen MR) is 52.0 cm³/mol.